The highest BCUT2D eigenvalue weighted by molar-refractivity contribution is 7.90. The van der Waals surface area contributed by atoms with Crippen LogP contribution >= 0.6 is 23.7 Å². The summed E-state index contributed by atoms with van der Waals surface area (Å²) in [5.74, 6) is -0.534. The van der Waals surface area contributed by atoms with Gasteiger partial charge < -0.3 is 11.1 Å². The van der Waals surface area contributed by atoms with Gasteiger partial charge >= 0.3 is 0 Å². The van der Waals surface area contributed by atoms with Crippen molar-refractivity contribution < 1.29 is 13.2 Å². The van der Waals surface area contributed by atoms with Gasteiger partial charge in [0.25, 0.3) is 0 Å². The molecule has 6 nitrogen and oxygen atoms in total. The number of hydrogen-bond acceptors (Lipinski definition) is 6. The minimum Gasteiger partial charge on any atom is -0.320 e. The molecule has 0 aliphatic rings. The van der Waals surface area contributed by atoms with Crippen LogP contribution in [0.15, 0.2) is 36.5 Å². The molecule has 2 rings (SSSR count). The van der Waals surface area contributed by atoms with E-state index in [1.54, 1.807) is 6.20 Å². The molecule has 1 aromatic heterocycles. The number of amides is 1. The van der Waals surface area contributed by atoms with Crippen LogP contribution in [-0.4, -0.2) is 37.4 Å². The Morgan fingerprint density at radius 2 is 2.00 bits per heavy atom. The van der Waals surface area contributed by atoms with Gasteiger partial charge in [-0.15, -0.1) is 23.7 Å². The smallest absolute Gasteiger partial charge is 0.243 e. The summed E-state index contributed by atoms with van der Waals surface area (Å²) in [6.45, 7) is 0. The number of sulfone groups is 1. The number of rotatable bonds is 7. The van der Waals surface area contributed by atoms with Crippen molar-refractivity contribution in [1.29, 1.82) is 0 Å². The number of carbonyl (C=O) groups excluding carboxylic acids is 1. The molecular weight excluding hydrogens is 370 g/mol. The molecule has 1 atom stereocenters. The van der Waals surface area contributed by atoms with Gasteiger partial charge in [-0.2, -0.15) is 0 Å². The molecule has 0 aliphatic heterocycles. The summed E-state index contributed by atoms with van der Waals surface area (Å²) >= 11 is 1.38. The number of aromatic nitrogens is 1. The molecule has 3 N–H and O–H groups in total. The van der Waals surface area contributed by atoms with E-state index in [2.05, 4.69) is 10.3 Å². The summed E-state index contributed by atoms with van der Waals surface area (Å²) < 4.78 is 22.2. The zero-order chi connectivity index (χ0) is 16.9. The second kappa shape index (κ2) is 9.12. The number of nitrogens with zero attached hydrogens (tertiary/aromatic N) is 1. The van der Waals surface area contributed by atoms with E-state index in [1.165, 1.54) is 16.9 Å². The molecule has 1 heterocycles. The summed E-state index contributed by atoms with van der Waals surface area (Å²) in [6.07, 6.45) is 3.67. The number of hydrogen-bond donors (Lipinski definition) is 2. The lowest BCUT2D eigenvalue weighted by molar-refractivity contribution is -0.117. The molecule has 0 aliphatic carbocycles. The summed E-state index contributed by atoms with van der Waals surface area (Å²) in [4.78, 5) is 17.1. The predicted molar refractivity (Wildman–Crippen MR) is 99.5 cm³/mol. The maximum Gasteiger partial charge on any atom is 0.243 e. The van der Waals surface area contributed by atoms with Crippen molar-refractivity contribution >= 4 is 44.6 Å². The molecule has 0 fully saturated rings. The molecule has 2 aromatic rings. The van der Waals surface area contributed by atoms with Crippen LogP contribution in [0.5, 0.6) is 0 Å². The minimum absolute atomic E-state index is 0. The Bertz CT molecular complexity index is 763. The fourth-order valence-electron chi connectivity index (χ4n) is 1.91. The molecule has 0 radical (unpaired) electrons. The Labute approximate surface area is 151 Å². The maximum absolute atomic E-state index is 11.9. The number of benzene rings is 1. The van der Waals surface area contributed by atoms with E-state index in [0.29, 0.717) is 5.13 Å². The first-order valence-electron chi connectivity index (χ1n) is 7.06. The van der Waals surface area contributed by atoms with Crippen molar-refractivity contribution in [3.05, 3.63) is 47.0 Å². The summed E-state index contributed by atoms with van der Waals surface area (Å²) in [7, 11) is -3.13. The molecule has 0 bridgehead atoms. The standard InChI is InChI=1S/C15H19N3O3S2.ClH/c1-23(20,21)8-7-13(16)14(19)18-15-17-10-12(22-15)9-11-5-3-2-4-6-11;/h2-6,10,13H,7-9,16H2,1H3,(H,17,18,19);1H. The number of nitrogens with one attached hydrogen (secondary N) is 1. The summed E-state index contributed by atoms with van der Waals surface area (Å²) in [5, 5.41) is 3.10. The van der Waals surface area contributed by atoms with E-state index >= 15 is 0 Å². The number of anilines is 1. The Morgan fingerprint density at radius 3 is 2.62 bits per heavy atom. The van der Waals surface area contributed by atoms with E-state index in [4.69, 9.17) is 5.73 Å². The fourth-order valence-corrected chi connectivity index (χ4v) is 3.45. The fraction of sp³-hybridized carbons (Fsp3) is 0.333. The number of thiazole rings is 1. The molecular formula is C15H20ClN3O3S2. The van der Waals surface area contributed by atoms with Gasteiger partial charge in [0.2, 0.25) is 5.91 Å². The topological polar surface area (TPSA) is 102 Å². The van der Waals surface area contributed by atoms with Crippen LogP contribution in [-0.2, 0) is 21.1 Å². The molecule has 1 amide bonds. The Kier molecular flexibility index (Phi) is 7.82. The molecule has 0 spiro atoms. The molecule has 24 heavy (non-hydrogen) atoms. The zero-order valence-electron chi connectivity index (χ0n) is 13.1. The van der Waals surface area contributed by atoms with Crippen LogP contribution in [0.2, 0.25) is 0 Å². The third-order valence-electron chi connectivity index (χ3n) is 3.14. The average molecular weight is 390 g/mol. The van der Waals surface area contributed by atoms with E-state index in [-0.39, 0.29) is 24.6 Å². The normalized spacial score (nSPS) is 12.2. The van der Waals surface area contributed by atoms with Crippen molar-refractivity contribution in [2.45, 2.75) is 18.9 Å². The minimum atomic E-state index is -3.13. The predicted octanol–water partition coefficient (Wildman–Crippen LogP) is 1.86. The van der Waals surface area contributed by atoms with Gasteiger partial charge in [-0.05, 0) is 12.0 Å². The van der Waals surface area contributed by atoms with Gasteiger partial charge in [0, 0.05) is 23.8 Å². The average Bonchev–Trinajstić information content (AvgIpc) is 2.92. The van der Waals surface area contributed by atoms with Crippen molar-refractivity contribution in [3.63, 3.8) is 0 Å². The molecule has 9 heteroatoms. The lowest BCUT2D eigenvalue weighted by Crippen LogP contribution is -2.37. The van der Waals surface area contributed by atoms with Gasteiger partial charge in [-0.1, -0.05) is 30.3 Å². The highest BCUT2D eigenvalue weighted by atomic mass is 35.5. The van der Waals surface area contributed by atoms with E-state index < -0.39 is 21.8 Å². The second-order valence-electron chi connectivity index (χ2n) is 5.31. The van der Waals surface area contributed by atoms with Crippen LogP contribution < -0.4 is 11.1 Å². The molecule has 132 valence electrons. The van der Waals surface area contributed by atoms with Crippen LogP contribution in [0.1, 0.15) is 16.9 Å². The van der Waals surface area contributed by atoms with Crippen molar-refractivity contribution in [2.24, 2.45) is 5.73 Å². The lowest BCUT2D eigenvalue weighted by Gasteiger charge is -2.09. The number of carbonyl (C=O) groups is 1. The van der Waals surface area contributed by atoms with Gasteiger partial charge in [-0.25, -0.2) is 13.4 Å². The first-order chi connectivity index (χ1) is 10.8. The van der Waals surface area contributed by atoms with Crippen LogP contribution in [0.4, 0.5) is 5.13 Å². The van der Waals surface area contributed by atoms with E-state index in [0.717, 1.165) is 17.6 Å². The number of halogens is 1. The maximum atomic E-state index is 11.9. The van der Waals surface area contributed by atoms with E-state index in [9.17, 15) is 13.2 Å². The summed E-state index contributed by atoms with van der Waals surface area (Å²) in [6, 6.07) is 9.09. The molecule has 1 unspecified atom stereocenters. The van der Waals surface area contributed by atoms with Crippen molar-refractivity contribution in [1.82, 2.24) is 4.98 Å². The Morgan fingerprint density at radius 1 is 1.33 bits per heavy atom. The SMILES string of the molecule is CS(=O)(=O)CCC(N)C(=O)Nc1ncc(Cc2ccccc2)s1.Cl. The third kappa shape index (κ3) is 6.96. The van der Waals surface area contributed by atoms with Gasteiger partial charge in [0.05, 0.1) is 11.8 Å². The first-order valence-corrected chi connectivity index (χ1v) is 9.94. The van der Waals surface area contributed by atoms with Crippen LogP contribution in [0.3, 0.4) is 0 Å². The largest absolute Gasteiger partial charge is 0.320 e. The second-order valence-corrected chi connectivity index (χ2v) is 8.68. The van der Waals surface area contributed by atoms with Crippen LogP contribution in [0, 0.1) is 0 Å². The molecule has 0 saturated carbocycles. The Balaban J connectivity index is 0.00000288. The van der Waals surface area contributed by atoms with Crippen molar-refractivity contribution in [3.8, 4) is 0 Å². The van der Waals surface area contributed by atoms with Gasteiger partial charge in [-0.3, -0.25) is 4.79 Å². The molecule has 0 saturated heterocycles. The Hall–Kier alpha value is -1.48. The molecule has 1 aromatic carbocycles. The highest BCUT2D eigenvalue weighted by Crippen LogP contribution is 2.21. The monoisotopic (exact) mass is 389 g/mol. The summed E-state index contributed by atoms with van der Waals surface area (Å²) in [5.41, 5.74) is 6.87. The first kappa shape index (κ1) is 20.6. The lowest BCUT2D eigenvalue weighted by atomic mass is 10.1. The number of nitrogens with two attached hydrogens (primary N) is 1. The van der Waals surface area contributed by atoms with E-state index in [1.807, 2.05) is 30.3 Å². The quantitative estimate of drug-likeness (QED) is 0.752. The zero-order valence-corrected chi connectivity index (χ0v) is 15.6. The van der Waals surface area contributed by atoms with Crippen LogP contribution in [0.25, 0.3) is 0 Å². The van der Waals surface area contributed by atoms with Gasteiger partial charge in [0.15, 0.2) is 5.13 Å². The van der Waals surface area contributed by atoms with Crippen molar-refractivity contribution in [2.75, 3.05) is 17.3 Å². The highest BCUT2D eigenvalue weighted by Gasteiger charge is 2.17. The van der Waals surface area contributed by atoms with Gasteiger partial charge in [0.1, 0.15) is 9.84 Å². The third-order valence-corrected chi connectivity index (χ3v) is 5.03.